The molecular formula is C18H24N2O2. The first-order valence-electron chi connectivity index (χ1n) is 8.06. The van der Waals surface area contributed by atoms with Gasteiger partial charge in [-0.2, -0.15) is 0 Å². The minimum absolute atomic E-state index is 0.0279. The van der Waals surface area contributed by atoms with Crippen LogP contribution in [0.15, 0.2) is 24.3 Å². The molecule has 1 heterocycles. The lowest BCUT2D eigenvalue weighted by atomic mass is 10.0. The van der Waals surface area contributed by atoms with Crippen LogP contribution in [0.5, 0.6) is 0 Å². The second kappa shape index (κ2) is 5.75. The number of amides is 2. The van der Waals surface area contributed by atoms with E-state index in [0.717, 1.165) is 6.42 Å². The number of aryl methyl sites for hydroxylation is 1. The van der Waals surface area contributed by atoms with Crippen LogP contribution >= 0.6 is 0 Å². The molecule has 4 nitrogen and oxygen atoms in total. The number of rotatable bonds is 4. The Morgan fingerprint density at radius 3 is 2.82 bits per heavy atom. The van der Waals surface area contributed by atoms with E-state index in [-0.39, 0.29) is 23.8 Å². The molecule has 4 atom stereocenters. The monoisotopic (exact) mass is 300 g/mol. The summed E-state index contributed by atoms with van der Waals surface area (Å²) in [6, 6.07) is 8.79. The standard InChI is InChI=1S/C18H24N2O2/c1-11-5-4-6-13(7-11)16-9-15(16)12(2)19-18(22)14-8-17(21)20(3)10-14/h4-7,12,14-16H,8-10H2,1-3H3,(H,19,22)/t12-,14+,15-,16+/m1/s1. The third-order valence-electron chi connectivity index (χ3n) is 5.03. The number of carbonyl (C=O) groups is 2. The first-order valence-corrected chi connectivity index (χ1v) is 8.06. The number of carbonyl (C=O) groups excluding carboxylic acids is 2. The first-order chi connectivity index (χ1) is 10.5. The van der Waals surface area contributed by atoms with Crippen molar-refractivity contribution in [3.8, 4) is 0 Å². The summed E-state index contributed by atoms with van der Waals surface area (Å²) < 4.78 is 0. The first kappa shape index (κ1) is 15.1. The lowest BCUT2D eigenvalue weighted by Crippen LogP contribution is -2.39. The molecule has 1 aliphatic heterocycles. The minimum Gasteiger partial charge on any atom is -0.353 e. The summed E-state index contributed by atoms with van der Waals surface area (Å²) in [5.41, 5.74) is 2.66. The summed E-state index contributed by atoms with van der Waals surface area (Å²) >= 11 is 0. The molecule has 0 radical (unpaired) electrons. The maximum absolute atomic E-state index is 12.3. The molecule has 2 aliphatic rings. The van der Waals surface area contributed by atoms with Crippen molar-refractivity contribution in [3.63, 3.8) is 0 Å². The molecule has 4 heteroatoms. The normalized spacial score (nSPS) is 28.6. The summed E-state index contributed by atoms with van der Waals surface area (Å²) in [6.07, 6.45) is 1.48. The molecule has 1 aliphatic carbocycles. The molecule has 1 N–H and O–H groups in total. The molecule has 1 aromatic rings. The predicted octanol–water partition coefficient (Wildman–Crippen LogP) is 2.08. The molecule has 22 heavy (non-hydrogen) atoms. The lowest BCUT2D eigenvalue weighted by Gasteiger charge is -2.17. The molecule has 0 unspecified atom stereocenters. The van der Waals surface area contributed by atoms with Crippen LogP contribution in [0.3, 0.4) is 0 Å². The number of hydrogen-bond acceptors (Lipinski definition) is 2. The van der Waals surface area contributed by atoms with Crippen LogP contribution in [0.2, 0.25) is 0 Å². The number of benzene rings is 1. The highest BCUT2D eigenvalue weighted by Crippen LogP contribution is 2.49. The SMILES string of the molecule is Cc1cccc([C@@H]2C[C@@H]2[C@@H](C)NC(=O)[C@H]2CC(=O)N(C)C2)c1. The molecule has 2 amide bonds. The van der Waals surface area contributed by atoms with Gasteiger partial charge in [0.1, 0.15) is 0 Å². The van der Waals surface area contributed by atoms with Gasteiger partial charge in [0.05, 0.1) is 5.92 Å². The highest BCUT2D eigenvalue weighted by Gasteiger charge is 2.43. The highest BCUT2D eigenvalue weighted by molar-refractivity contribution is 5.89. The van der Waals surface area contributed by atoms with Gasteiger partial charge in [0.2, 0.25) is 11.8 Å². The fourth-order valence-electron chi connectivity index (χ4n) is 3.54. The topological polar surface area (TPSA) is 49.4 Å². The third-order valence-corrected chi connectivity index (χ3v) is 5.03. The van der Waals surface area contributed by atoms with E-state index < -0.39 is 0 Å². The van der Waals surface area contributed by atoms with Crippen LogP contribution in [0.25, 0.3) is 0 Å². The van der Waals surface area contributed by atoms with Crippen molar-refractivity contribution in [1.29, 1.82) is 0 Å². The molecule has 0 aromatic heterocycles. The van der Waals surface area contributed by atoms with Gasteiger partial charge >= 0.3 is 0 Å². The third kappa shape index (κ3) is 3.01. The zero-order valence-electron chi connectivity index (χ0n) is 13.5. The minimum atomic E-state index is -0.184. The molecule has 1 saturated carbocycles. The van der Waals surface area contributed by atoms with Crippen molar-refractivity contribution in [1.82, 2.24) is 10.2 Å². The van der Waals surface area contributed by atoms with Crippen LogP contribution < -0.4 is 5.32 Å². The predicted molar refractivity (Wildman–Crippen MR) is 85.4 cm³/mol. The summed E-state index contributed by atoms with van der Waals surface area (Å²) in [7, 11) is 1.76. The molecule has 0 spiro atoms. The van der Waals surface area contributed by atoms with Gasteiger partial charge in [0.25, 0.3) is 0 Å². The molecule has 3 rings (SSSR count). The quantitative estimate of drug-likeness (QED) is 0.925. The molecule has 0 bridgehead atoms. The molecule has 118 valence electrons. The van der Waals surface area contributed by atoms with Gasteiger partial charge in [-0.1, -0.05) is 29.8 Å². The molecular weight excluding hydrogens is 276 g/mol. The van der Waals surface area contributed by atoms with Gasteiger partial charge < -0.3 is 10.2 Å². The van der Waals surface area contributed by atoms with Gasteiger partial charge in [-0.05, 0) is 37.7 Å². The molecule has 2 fully saturated rings. The van der Waals surface area contributed by atoms with Gasteiger partial charge in [-0.3, -0.25) is 9.59 Å². The number of likely N-dealkylation sites (tertiary alicyclic amines) is 1. The Kier molecular flexibility index (Phi) is 3.94. The van der Waals surface area contributed by atoms with Crippen molar-refractivity contribution in [3.05, 3.63) is 35.4 Å². The van der Waals surface area contributed by atoms with Crippen LogP contribution in [0.4, 0.5) is 0 Å². The van der Waals surface area contributed by atoms with Crippen molar-refractivity contribution in [2.24, 2.45) is 11.8 Å². The average molecular weight is 300 g/mol. The van der Waals surface area contributed by atoms with Crippen molar-refractivity contribution >= 4 is 11.8 Å². The Labute approximate surface area is 131 Å². The van der Waals surface area contributed by atoms with E-state index in [1.807, 2.05) is 0 Å². The fraction of sp³-hybridized carbons (Fsp3) is 0.556. The smallest absolute Gasteiger partial charge is 0.225 e. The molecule has 1 aromatic carbocycles. The second-order valence-corrected chi connectivity index (χ2v) is 6.89. The zero-order valence-corrected chi connectivity index (χ0v) is 13.5. The van der Waals surface area contributed by atoms with E-state index >= 15 is 0 Å². The van der Waals surface area contributed by atoms with E-state index in [0.29, 0.717) is 24.8 Å². The van der Waals surface area contributed by atoms with Crippen molar-refractivity contribution in [2.75, 3.05) is 13.6 Å². The lowest BCUT2D eigenvalue weighted by molar-refractivity contribution is -0.128. The van der Waals surface area contributed by atoms with E-state index in [1.165, 1.54) is 11.1 Å². The Morgan fingerprint density at radius 1 is 1.41 bits per heavy atom. The summed E-state index contributed by atoms with van der Waals surface area (Å²) in [6.45, 7) is 4.74. The van der Waals surface area contributed by atoms with Gasteiger partial charge in [0.15, 0.2) is 0 Å². The summed E-state index contributed by atoms with van der Waals surface area (Å²) in [4.78, 5) is 25.5. The van der Waals surface area contributed by atoms with E-state index in [9.17, 15) is 9.59 Å². The van der Waals surface area contributed by atoms with Crippen molar-refractivity contribution in [2.45, 2.75) is 38.6 Å². The van der Waals surface area contributed by atoms with Gasteiger partial charge in [-0.15, -0.1) is 0 Å². The maximum Gasteiger partial charge on any atom is 0.225 e. The van der Waals surface area contributed by atoms with Crippen LogP contribution in [0.1, 0.15) is 36.8 Å². The summed E-state index contributed by atoms with van der Waals surface area (Å²) in [5.74, 6) is 0.983. The largest absolute Gasteiger partial charge is 0.353 e. The fourth-order valence-corrected chi connectivity index (χ4v) is 3.54. The Morgan fingerprint density at radius 2 is 2.18 bits per heavy atom. The highest BCUT2D eigenvalue weighted by atomic mass is 16.2. The Balaban J connectivity index is 1.54. The number of nitrogens with one attached hydrogen (secondary N) is 1. The van der Waals surface area contributed by atoms with Crippen LogP contribution in [-0.4, -0.2) is 36.3 Å². The Hall–Kier alpha value is -1.84. The number of hydrogen-bond donors (Lipinski definition) is 1. The van der Waals surface area contributed by atoms with Gasteiger partial charge in [-0.25, -0.2) is 0 Å². The van der Waals surface area contributed by atoms with Gasteiger partial charge in [0, 0.05) is 26.1 Å². The van der Waals surface area contributed by atoms with E-state index in [2.05, 4.69) is 43.4 Å². The zero-order chi connectivity index (χ0) is 15.9. The van der Waals surface area contributed by atoms with E-state index in [4.69, 9.17) is 0 Å². The van der Waals surface area contributed by atoms with E-state index in [1.54, 1.807) is 11.9 Å². The number of nitrogens with zero attached hydrogens (tertiary/aromatic N) is 1. The van der Waals surface area contributed by atoms with Crippen LogP contribution in [0, 0.1) is 18.8 Å². The molecule has 1 saturated heterocycles. The Bertz CT molecular complexity index is 599. The maximum atomic E-state index is 12.3. The average Bonchev–Trinajstić information content (AvgIpc) is 3.20. The summed E-state index contributed by atoms with van der Waals surface area (Å²) in [5, 5.41) is 3.12. The van der Waals surface area contributed by atoms with Crippen molar-refractivity contribution < 1.29 is 9.59 Å². The van der Waals surface area contributed by atoms with Crippen LogP contribution in [-0.2, 0) is 9.59 Å². The second-order valence-electron chi connectivity index (χ2n) is 6.89.